The number of rotatable bonds is 4. The van der Waals surface area contributed by atoms with E-state index in [1.54, 1.807) is 10.9 Å². The Balaban J connectivity index is 2.37. The Bertz CT molecular complexity index is 491. The van der Waals surface area contributed by atoms with Crippen LogP contribution in [0.25, 0.3) is 11.3 Å². The Morgan fingerprint density at radius 2 is 2.19 bits per heavy atom. The summed E-state index contributed by atoms with van der Waals surface area (Å²) < 4.78 is 1.76. The fourth-order valence-electron chi connectivity index (χ4n) is 1.67. The van der Waals surface area contributed by atoms with Crippen LogP contribution in [0.3, 0.4) is 0 Å². The molecule has 2 aromatic rings. The lowest BCUT2D eigenvalue weighted by molar-refractivity contribution is -0.108. The lowest BCUT2D eigenvalue weighted by Crippen LogP contribution is -2.03. The molecule has 0 N–H and O–H groups in total. The molecular weight excluding hydrogens is 202 g/mol. The van der Waals surface area contributed by atoms with E-state index in [1.165, 1.54) is 5.56 Å². The van der Waals surface area contributed by atoms with Crippen LogP contribution in [-0.4, -0.2) is 21.3 Å². The van der Waals surface area contributed by atoms with Crippen LogP contribution < -0.4 is 0 Å². The third-order valence-electron chi connectivity index (χ3n) is 2.50. The molecule has 4 heteroatoms. The summed E-state index contributed by atoms with van der Waals surface area (Å²) in [5.41, 5.74) is 3.25. The van der Waals surface area contributed by atoms with Crippen LogP contribution >= 0.6 is 0 Å². The van der Waals surface area contributed by atoms with Crippen molar-refractivity contribution in [1.82, 2.24) is 15.0 Å². The van der Waals surface area contributed by atoms with Crippen LogP contribution in [-0.2, 0) is 11.3 Å². The first-order chi connectivity index (χ1) is 7.83. The molecule has 0 aliphatic carbocycles. The highest BCUT2D eigenvalue weighted by Gasteiger charge is 2.07. The van der Waals surface area contributed by atoms with Gasteiger partial charge in [0.05, 0.1) is 11.9 Å². The second-order valence-corrected chi connectivity index (χ2v) is 3.61. The average Bonchev–Trinajstić information content (AvgIpc) is 2.75. The molecule has 0 spiro atoms. The van der Waals surface area contributed by atoms with Crippen LogP contribution in [0.2, 0.25) is 0 Å². The van der Waals surface area contributed by atoms with Crippen LogP contribution in [0.15, 0.2) is 30.5 Å². The van der Waals surface area contributed by atoms with Gasteiger partial charge in [0.25, 0.3) is 0 Å². The van der Waals surface area contributed by atoms with Gasteiger partial charge in [-0.25, -0.2) is 4.68 Å². The van der Waals surface area contributed by atoms with Crippen LogP contribution in [0, 0.1) is 6.92 Å². The van der Waals surface area contributed by atoms with Gasteiger partial charge >= 0.3 is 0 Å². The van der Waals surface area contributed by atoms with Gasteiger partial charge in [-0.15, -0.1) is 5.10 Å². The molecule has 0 aliphatic rings. The standard InChI is InChI=1S/C12H13N3O/c1-10-5-2-3-6-11(10)12-9-13-14-15(12)7-4-8-16/h2-3,5-6,8-9H,4,7H2,1H3. The summed E-state index contributed by atoms with van der Waals surface area (Å²) in [6, 6.07) is 8.07. The zero-order chi connectivity index (χ0) is 11.4. The molecule has 0 amide bonds. The molecule has 0 saturated heterocycles. The van der Waals surface area contributed by atoms with Crippen molar-refractivity contribution < 1.29 is 4.79 Å². The maximum absolute atomic E-state index is 10.4. The largest absolute Gasteiger partial charge is 0.303 e. The molecule has 4 nitrogen and oxygen atoms in total. The van der Waals surface area contributed by atoms with E-state index in [-0.39, 0.29) is 0 Å². The molecule has 0 saturated carbocycles. The summed E-state index contributed by atoms with van der Waals surface area (Å²) in [5.74, 6) is 0. The summed E-state index contributed by atoms with van der Waals surface area (Å²) >= 11 is 0. The highest BCUT2D eigenvalue weighted by Crippen LogP contribution is 2.21. The van der Waals surface area contributed by atoms with E-state index in [1.807, 2.05) is 31.2 Å². The van der Waals surface area contributed by atoms with Gasteiger partial charge in [-0.3, -0.25) is 0 Å². The van der Waals surface area contributed by atoms with Crippen molar-refractivity contribution >= 4 is 6.29 Å². The number of hydrogen-bond donors (Lipinski definition) is 0. The summed E-state index contributed by atoms with van der Waals surface area (Å²) in [6.45, 7) is 2.62. The van der Waals surface area contributed by atoms with E-state index in [2.05, 4.69) is 10.3 Å². The van der Waals surface area contributed by atoms with Gasteiger partial charge in [0, 0.05) is 18.5 Å². The molecule has 0 aliphatic heterocycles. The van der Waals surface area contributed by atoms with Gasteiger partial charge < -0.3 is 4.79 Å². The molecule has 0 fully saturated rings. The minimum atomic E-state index is 0.461. The smallest absolute Gasteiger partial charge is 0.121 e. The Labute approximate surface area is 93.9 Å². The lowest BCUT2D eigenvalue weighted by atomic mass is 10.1. The number of nitrogens with zero attached hydrogens (tertiary/aromatic N) is 3. The van der Waals surface area contributed by atoms with Crippen molar-refractivity contribution in [3.63, 3.8) is 0 Å². The zero-order valence-electron chi connectivity index (χ0n) is 9.13. The third kappa shape index (κ3) is 2.00. The van der Waals surface area contributed by atoms with E-state index < -0.39 is 0 Å². The van der Waals surface area contributed by atoms with Crippen LogP contribution in [0.1, 0.15) is 12.0 Å². The third-order valence-corrected chi connectivity index (χ3v) is 2.50. The minimum Gasteiger partial charge on any atom is -0.303 e. The molecule has 1 aromatic heterocycles. The van der Waals surface area contributed by atoms with E-state index in [4.69, 9.17) is 0 Å². The zero-order valence-corrected chi connectivity index (χ0v) is 9.13. The Kier molecular flexibility index (Phi) is 3.10. The summed E-state index contributed by atoms with van der Waals surface area (Å²) in [7, 11) is 0. The molecular formula is C12H13N3O. The molecule has 0 bridgehead atoms. The van der Waals surface area contributed by atoms with Gasteiger partial charge in [0.15, 0.2) is 0 Å². The molecule has 16 heavy (non-hydrogen) atoms. The van der Waals surface area contributed by atoms with Gasteiger partial charge in [-0.05, 0) is 12.5 Å². The highest BCUT2D eigenvalue weighted by atomic mass is 16.1. The molecule has 0 atom stereocenters. The summed E-state index contributed by atoms with van der Waals surface area (Å²) in [4.78, 5) is 10.4. The number of aromatic nitrogens is 3. The first-order valence-electron chi connectivity index (χ1n) is 5.21. The van der Waals surface area contributed by atoms with Crippen molar-refractivity contribution in [1.29, 1.82) is 0 Å². The lowest BCUT2D eigenvalue weighted by Gasteiger charge is -2.06. The highest BCUT2D eigenvalue weighted by molar-refractivity contribution is 5.62. The maximum atomic E-state index is 10.4. The van der Waals surface area contributed by atoms with Crippen molar-refractivity contribution in [3.05, 3.63) is 36.0 Å². The number of aryl methyl sites for hydroxylation is 2. The number of benzene rings is 1. The van der Waals surface area contributed by atoms with Crippen LogP contribution in [0.5, 0.6) is 0 Å². The fraction of sp³-hybridized carbons (Fsp3) is 0.250. The number of carbonyl (C=O) groups excluding carboxylic acids is 1. The number of carbonyl (C=O) groups is 1. The van der Waals surface area contributed by atoms with Crippen molar-refractivity contribution in [2.45, 2.75) is 19.9 Å². The number of hydrogen-bond acceptors (Lipinski definition) is 3. The molecule has 0 radical (unpaired) electrons. The quantitative estimate of drug-likeness (QED) is 0.731. The van der Waals surface area contributed by atoms with Crippen molar-refractivity contribution in [2.24, 2.45) is 0 Å². The van der Waals surface area contributed by atoms with Gasteiger partial charge in [-0.2, -0.15) is 0 Å². The normalized spacial score (nSPS) is 10.3. The van der Waals surface area contributed by atoms with E-state index in [0.29, 0.717) is 13.0 Å². The van der Waals surface area contributed by atoms with Crippen molar-refractivity contribution in [2.75, 3.05) is 0 Å². The maximum Gasteiger partial charge on any atom is 0.121 e. The predicted octanol–water partition coefficient (Wildman–Crippen LogP) is 1.84. The van der Waals surface area contributed by atoms with Gasteiger partial charge in [0.1, 0.15) is 6.29 Å². The molecule has 1 heterocycles. The summed E-state index contributed by atoms with van der Waals surface area (Å²) in [5, 5.41) is 7.87. The van der Waals surface area contributed by atoms with E-state index in [0.717, 1.165) is 17.5 Å². The first-order valence-corrected chi connectivity index (χ1v) is 5.21. The minimum absolute atomic E-state index is 0.461. The summed E-state index contributed by atoms with van der Waals surface area (Å²) in [6.07, 6.45) is 3.08. The van der Waals surface area contributed by atoms with E-state index >= 15 is 0 Å². The monoisotopic (exact) mass is 215 g/mol. The molecule has 0 unspecified atom stereocenters. The van der Waals surface area contributed by atoms with Gasteiger partial charge in [0.2, 0.25) is 0 Å². The number of aldehydes is 1. The predicted molar refractivity (Wildman–Crippen MR) is 60.9 cm³/mol. The van der Waals surface area contributed by atoms with Crippen molar-refractivity contribution in [3.8, 4) is 11.3 Å². The Morgan fingerprint density at radius 3 is 2.94 bits per heavy atom. The second kappa shape index (κ2) is 4.70. The Morgan fingerprint density at radius 1 is 1.38 bits per heavy atom. The van der Waals surface area contributed by atoms with Gasteiger partial charge in [-0.1, -0.05) is 29.5 Å². The molecule has 2 rings (SSSR count). The molecule has 1 aromatic carbocycles. The second-order valence-electron chi connectivity index (χ2n) is 3.61. The first kappa shape index (κ1) is 10.5. The fourth-order valence-corrected chi connectivity index (χ4v) is 1.67. The Hall–Kier alpha value is -1.97. The SMILES string of the molecule is Cc1ccccc1-c1cnnn1CCC=O. The van der Waals surface area contributed by atoms with Crippen LogP contribution in [0.4, 0.5) is 0 Å². The average molecular weight is 215 g/mol. The topological polar surface area (TPSA) is 47.8 Å². The molecule has 82 valence electrons. The van der Waals surface area contributed by atoms with E-state index in [9.17, 15) is 4.79 Å².